The minimum Gasteiger partial charge on any atom is -0.466 e. The molecule has 0 spiro atoms. The first kappa shape index (κ1) is 27.0. The molecule has 0 aromatic heterocycles. The molecule has 3 aliphatic heterocycles. The minimum atomic E-state index is -0.522. The predicted octanol–water partition coefficient (Wildman–Crippen LogP) is 4.07. The maximum atomic E-state index is 13.0. The Labute approximate surface area is 232 Å². The molecule has 3 heterocycles. The molecule has 2 aromatic rings. The monoisotopic (exact) mass is 548 g/mol. The van der Waals surface area contributed by atoms with Gasteiger partial charge in [0.25, 0.3) is 0 Å². The third-order valence-corrected chi connectivity index (χ3v) is 7.64. The summed E-state index contributed by atoms with van der Waals surface area (Å²) in [5.74, 6) is 0.817. The molecule has 0 saturated carbocycles. The lowest BCUT2D eigenvalue weighted by molar-refractivity contribution is -0.136. The van der Waals surface area contributed by atoms with E-state index in [9.17, 15) is 9.59 Å². The number of benzene rings is 2. The van der Waals surface area contributed by atoms with Crippen LogP contribution >= 0.6 is 11.8 Å². The van der Waals surface area contributed by atoms with Gasteiger partial charge in [-0.25, -0.2) is 9.79 Å². The second-order valence-electron chi connectivity index (χ2n) is 9.35. The first-order valence-electron chi connectivity index (χ1n) is 13.0. The van der Waals surface area contributed by atoms with Gasteiger partial charge in [0.1, 0.15) is 11.5 Å². The number of rotatable bonds is 9. The zero-order chi connectivity index (χ0) is 27.2. The lowest BCUT2D eigenvalue weighted by atomic mass is 9.93. The average molecular weight is 549 g/mol. The highest BCUT2D eigenvalue weighted by molar-refractivity contribution is 8.16. The number of ether oxygens (including phenoxy) is 3. The molecule has 9 nitrogen and oxygen atoms in total. The minimum absolute atomic E-state index is 0.0813. The number of thioether (sulfide) groups is 1. The number of carbonyl (C=O) groups is 2. The predicted molar refractivity (Wildman–Crippen MR) is 150 cm³/mol. The van der Waals surface area contributed by atoms with Crippen LogP contribution in [0, 0.1) is 0 Å². The van der Waals surface area contributed by atoms with E-state index < -0.39 is 12.0 Å². The van der Waals surface area contributed by atoms with E-state index in [1.165, 1.54) is 18.9 Å². The van der Waals surface area contributed by atoms with Crippen LogP contribution in [0.25, 0.3) is 0 Å². The van der Waals surface area contributed by atoms with E-state index in [2.05, 4.69) is 10.2 Å². The van der Waals surface area contributed by atoms with Gasteiger partial charge in [-0.15, -0.1) is 0 Å². The Hall–Kier alpha value is -3.60. The van der Waals surface area contributed by atoms with E-state index >= 15 is 0 Å². The van der Waals surface area contributed by atoms with Crippen molar-refractivity contribution in [2.45, 2.75) is 19.4 Å². The fraction of sp³-hybridized carbons (Fsp3) is 0.345. The summed E-state index contributed by atoms with van der Waals surface area (Å²) >= 11 is 1.45. The van der Waals surface area contributed by atoms with Gasteiger partial charge in [-0.3, -0.25) is 9.69 Å². The molecule has 0 aliphatic carbocycles. The van der Waals surface area contributed by atoms with Crippen molar-refractivity contribution in [3.05, 3.63) is 82.5 Å². The lowest BCUT2D eigenvalue weighted by Crippen LogP contribution is -2.42. The Morgan fingerprint density at radius 2 is 1.87 bits per heavy atom. The number of para-hydroxylation sites is 1. The Morgan fingerprint density at radius 3 is 2.64 bits per heavy atom. The Balaban J connectivity index is 1.36. The number of allylic oxidation sites excluding steroid dienone is 1. The third-order valence-electron chi connectivity index (χ3n) is 6.75. The van der Waals surface area contributed by atoms with Crippen LogP contribution in [0.4, 0.5) is 0 Å². The number of hydrogen-bond donors (Lipinski definition) is 1. The van der Waals surface area contributed by atoms with Crippen molar-refractivity contribution >= 4 is 28.8 Å². The number of nitrogens with zero attached hydrogens (tertiary/aromatic N) is 3. The molecule has 1 unspecified atom stereocenters. The highest BCUT2D eigenvalue weighted by Gasteiger charge is 2.41. The number of esters is 1. The van der Waals surface area contributed by atoms with E-state index in [0.717, 1.165) is 49.3 Å². The number of fused-ring (bicyclic) bond motifs is 1. The fourth-order valence-corrected chi connectivity index (χ4v) is 5.80. The van der Waals surface area contributed by atoms with Gasteiger partial charge >= 0.3 is 5.97 Å². The van der Waals surface area contributed by atoms with Crippen LogP contribution < -0.4 is 10.1 Å². The van der Waals surface area contributed by atoms with Gasteiger partial charge in [0, 0.05) is 31.9 Å². The summed E-state index contributed by atoms with van der Waals surface area (Å²) in [6.45, 7) is 6.36. The van der Waals surface area contributed by atoms with E-state index in [1.54, 1.807) is 0 Å². The summed E-state index contributed by atoms with van der Waals surface area (Å²) in [4.78, 5) is 34.9. The lowest BCUT2D eigenvalue weighted by Gasteiger charge is -2.36. The molecule has 5 rings (SSSR count). The van der Waals surface area contributed by atoms with E-state index in [-0.39, 0.29) is 12.3 Å². The number of methoxy groups -OCH3 is 1. The second kappa shape index (κ2) is 12.5. The van der Waals surface area contributed by atoms with Gasteiger partial charge in [0.05, 0.1) is 44.1 Å². The Bertz CT molecular complexity index is 1300. The summed E-state index contributed by atoms with van der Waals surface area (Å²) in [5.41, 5.74) is 2.62. The van der Waals surface area contributed by atoms with Gasteiger partial charge in [0.15, 0.2) is 5.17 Å². The first-order chi connectivity index (χ1) is 19.0. The summed E-state index contributed by atoms with van der Waals surface area (Å²) in [6, 6.07) is 16.6. The molecule has 2 aromatic carbocycles. The molecule has 0 radical (unpaired) electrons. The van der Waals surface area contributed by atoms with Gasteiger partial charge in [-0.1, -0.05) is 42.1 Å². The topological polar surface area (TPSA) is 92.7 Å². The number of amides is 1. The Kier molecular flexibility index (Phi) is 8.65. The smallest absolute Gasteiger partial charge is 0.338 e. The standard InChI is InChI=1S/C29H32N4O5S/c1-20-26(28(35)36-2)27(21-7-6-10-24(17-21)38-23-8-4-3-5-9-23)33-22(19-39-29(33)31-20)18-25(34)30-11-12-32-13-15-37-16-14-32/h3-10,17,19,27H,11-16,18H2,1-2H3,(H,30,34). The van der Waals surface area contributed by atoms with Gasteiger partial charge in [-0.05, 0) is 42.2 Å². The van der Waals surface area contributed by atoms with Crippen LogP contribution in [0.15, 0.2) is 82.0 Å². The van der Waals surface area contributed by atoms with Crippen molar-refractivity contribution in [1.82, 2.24) is 15.1 Å². The maximum Gasteiger partial charge on any atom is 0.338 e. The summed E-state index contributed by atoms with van der Waals surface area (Å²) in [5, 5.41) is 5.69. The molecule has 204 valence electrons. The summed E-state index contributed by atoms with van der Waals surface area (Å²) in [7, 11) is 1.37. The highest BCUT2D eigenvalue weighted by atomic mass is 32.2. The quantitative estimate of drug-likeness (QED) is 0.469. The first-order valence-corrected chi connectivity index (χ1v) is 13.8. The molecule has 10 heteroatoms. The third kappa shape index (κ3) is 6.35. The van der Waals surface area contributed by atoms with Crippen molar-refractivity contribution in [2.24, 2.45) is 4.99 Å². The molecular weight excluding hydrogens is 516 g/mol. The fourth-order valence-electron chi connectivity index (χ4n) is 4.83. The second-order valence-corrected chi connectivity index (χ2v) is 10.2. The van der Waals surface area contributed by atoms with E-state index in [4.69, 9.17) is 19.2 Å². The summed E-state index contributed by atoms with van der Waals surface area (Å²) in [6.07, 6.45) is 0.166. The van der Waals surface area contributed by atoms with Crippen LogP contribution in [0.5, 0.6) is 11.5 Å². The number of aliphatic imine (C=N–C) groups is 1. The molecule has 1 N–H and O–H groups in total. The summed E-state index contributed by atoms with van der Waals surface area (Å²) < 4.78 is 16.6. The molecule has 39 heavy (non-hydrogen) atoms. The molecule has 1 amide bonds. The molecule has 3 aliphatic rings. The largest absolute Gasteiger partial charge is 0.466 e. The highest BCUT2D eigenvalue weighted by Crippen LogP contribution is 2.45. The van der Waals surface area contributed by atoms with Crippen molar-refractivity contribution in [3.63, 3.8) is 0 Å². The SMILES string of the molecule is COC(=O)C1=C(C)N=C2SC=C(CC(=O)NCCN3CCOCC3)N2C1c1cccc(Oc2ccccc2)c1. The van der Waals surface area contributed by atoms with Crippen LogP contribution in [0.3, 0.4) is 0 Å². The maximum absolute atomic E-state index is 13.0. The van der Waals surface area contributed by atoms with Crippen molar-refractivity contribution in [3.8, 4) is 11.5 Å². The van der Waals surface area contributed by atoms with Crippen LogP contribution in [0.1, 0.15) is 24.9 Å². The number of carbonyl (C=O) groups excluding carboxylic acids is 2. The van der Waals surface area contributed by atoms with Crippen molar-refractivity contribution in [2.75, 3.05) is 46.5 Å². The van der Waals surface area contributed by atoms with E-state index in [0.29, 0.717) is 29.3 Å². The van der Waals surface area contributed by atoms with E-state index in [1.807, 2.05) is 71.8 Å². The number of amidine groups is 1. The number of hydrogen-bond acceptors (Lipinski definition) is 9. The number of morpholine rings is 1. The molecular formula is C29H32N4O5S. The zero-order valence-electron chi connectivity index (χ0n) is 22.1. The molecule has 1 saturated heterocycles. The zero-order valence-corrected chi connectivity index (χ0v) is 22.9. The molecule has 1 fully saturated rings. The van der Waals surface area contributed by atoms with Crippen molar-refractivity contribution < 1.29 is 23.8 Å². The molecule has 0 bridgehead atoms. The van der Waals surface area contributed by atoms with Gasteiger partial charge in [-0.2, -0.15) is 0 Å². The Morgan fingerprint density at radius 1 is 1.10 bits per heavy atom. The van der Waals surface area contributed by atoms with Crippen LogP contribution in [-0.2, 0) is 19.1 Å². The van der Waals surface area contributed by atoms with Crippen molar-refractivity contribution in [1.29, 1.82) is 0 Å². The van der Waals surface area contributed by atoms with Gasteiger partial charge in [0.2, 0.25) is 5.91 Å². The van der Waals surface area contributed by atoms with Crippen LogP contribution in [-0.4, -0.2) is 73.3 Å². The van der Waals surface area contributed by atoms with Crippen LogP contribution in [0.2, 0.25) is 0 Å². The molecule has 1 atom stereocenters. The van der Waals surface area contributed by atoms with Gasteiger partial charge < -0.3 is 24.4 Å². The average Bonchev–Trinajstić information content (AvgIpc) is 3.34. The number of nitrogens with one attached hydrogen (secondary N) is 1. The normalized spacial score (nSPS) is 19.2.